The number of hydrogen-bond acceptors (Lipinski definition) is 5. The van der Waals surface area contributed by atoms with Crippen molar-refractivity contribution >= 4 is 47.5 Å². The van der Waals surface area contributed by atoms with Gasteiger partial charge in [0.05, 0.1) is 22.7 Å². The van der Waals surface area contributed by atoms with Gasteiger partial charge in [-0.1, -0.05) is 84.9 Å². The summed E-state index contributed by atoms with van der Waals surface area (Å²) in [5.41, 5.74) is 0. The van der Waals surface area contributed by atoms with Crippen molar-refractivity contribution in [2.24, 2.45) is 0 Å². The second-order valence-electron chi connectivity index (χ2n) is 14.3. The van der Waals surface area contributed by atoms with E-state index in [9.17, 15) is 5.11 Å². The summed E-state index contributed by atoms with van der Waals surface area (Å²) in [6.07, 6.45) is -2.04. The Balaban J connectivity index is 3.28. The van der Waals surface area contributed by atoms with E-state index in [0.717, 1.165) is 0 Å². The second kappa shape index (κ2) is 10.5. The normalized spacial score (nSPS) is 28.8. The van der Waals surface area contributed by atoms with E-state index in [0.29, 0.717) is 6.61 Å². The molecule has 0 spiro atoms. The van der Waals surface area contributed by atoms with Crippen LogP contribution in [-0.4, -0.2) is 65.2 Å². The first-order valence-corrected chi connectivity index (χ1v) is 22.3. The molecule has 1 rings (SSSR count). The molecule has 33 heavy (non-hydrogen) atoms. The first-order valence-electron chi connectivity index (χ1n) is 12.3. The number of aliphatic hydroxyl groups excluding tert-OH is 1. The largest absolute Gasteiger partial charge is 0.414 e. The fourth-order valence-corrected chi connectivity index (χ4v) is 7.64. The smallest absolute Gasteiger partial charge is 0.192 e. The fourth-order valence-electron chi connectivity index (χ4n) is 2.82. The average molecular weight is 633 g/mol. The lowest BCUT2D eigenvalue weighted by atomic mass is 10.0. The van der Waals surface area contributed by atoms with Crippen LogP contribution in [0.25, 0.3) is 0 Å². The summed E-state index contributed by atoms with van der Waals surface area (Å²) in [6.45, 7) is 34.1. The summed E-state index contributed by atoms with van der Waals surface area (Å²) in [5.74, 6) is 0. The SMILES string of the molecule is CC(C)(C)[Si](C)(C)OC[C@H]1O[C@H](O)[C@H](O[Si](C)(C)C(C)(C)C)[C@@H](O[Si](C)(C)C(C)(C)C)[C@@H]1I. The van der Waals surface area contributed by atoms with Gasteiger partial charge in [-0.15, -0.1) is 0 Å². The van der Waals surface area contributed by atoms with Crippen molar-refractivity contribution in [3.63, 3.8) is 0 Å². The van der Waals surface area contributed by atoms with E-state index >= 15 is 0 Å². The van der Waals surface area contributed by atoms with Gasteiger partial charge in [0, 0.05) is 0 Å². The summed E-state index contributed by atoms with van der Waals surface area (Å²) in [5, 5.41) is 11.4. The molecule has 1 saturated heterocycles. The van der Waals surface area contributed by atoms with Crippen LogP contribution in [0.1, 0.15) is 62.3 Å². The Morgan fingerprint density at radius 1 is 0.697 bits per heavy atom. The highest BCUT2D eigenvalue weighted by Gasteiger charge is 2.53. The predicted molar refractivity (Wildman–Crippen MR) is 156 cm³/mol. The van der Waals surface area contributed by atoms with Crippen molar-refractivity contribution in [1.29, 1.82) is 0 Å². The van der Waals surface area contributed by atoms with Crippen molar-refractivity contribution < 1.29 is 23.1 Å². The quantitative estimate of drug-likeness (QED) is 0.181. The number of hydrogen-bond donors (Lipinski definition) is 1. The summed E-state index contributed by atoms with van der Waals surface area (Å²) < 4.78 is 26.4. The van der Waals surface area contributed by atoms with Crippen molar-refractivity contribution in [3.05, 3.63) is 0 Å². The molecular formula is C24H53IO5Si3. The lowest BCUT2D eigenvalue weighted by Gasteiger charge is -2.51. The van der Waals surface area contributed by atoms with E-state index in [4.69, 9.17) is 18.0 Å². The fraction of sp³-hybridized carbons (Fsp3) is 1.00. The Labute approximate surface area is 221 Å². The van der Waals surface area contributed by atoms with Crippen LogP contribution in [-0.2, 0) is 18.0 Å². The van der Waals surface area contributed by atoms with Gasteiger partial charge in [-0.25, -0.2) is 0 Å². The van der Waals surface area contributed by atoms with Gasteiger partial charge in [0.2, 0.25) is 0 Å². The predicted octanol–water partition coefficient (Wildman–Crippen LogP) is 7.31. The standard InChI is InChI=1S/C24H53IO5Si3/c1-22(2,3)31(10,11)27-16-17-18(25)19(29-32(12,13)23(4,5)6)20(21(26)28-17)30-33(14,15)24(7,8)9/h17-21,26H,16H2,1-15H3/t17-,18-,19+,20-,21+/m1/s1. The summed E-state index contributed by atoms with van der Waals surface area (Å²) in [4.78, 5) is 0. The van der Waals surface area contributed by atoms with E-state index in [1.165, 1.54) is 0 Å². The highest BCUT2D eigenvalue weighted by Crippen LogP contribution is 2.44. The minimum absolute atomic E-state index is 0.0136. The highest BCUT2D eigenvalue weighted by molar-refractivity contribution is 14.1. The van der Waals surface area contributed by atoms with E-state index in [2.05, 4.69) is 124 Å². The van der Waals surface area contributed by atoms with Crippen molar-refractivity contribution in [1.82, 2.24) is 0 Å². The molecule has 0 unspecified atom stereocenters. The first-order chi connectivity index (χ1) is 14.3. The summed E-state index contributed by atoms with van der Waals surface area (Å²) >= 11 is 2.45. The van der Waals surface area contributed by atoms with Gasteiger partial charge in [0.25, 0.3) is 0 Å². The van der Waals surface area contributed by atoms with E-state index in [1.807, 2.05) is 0 Å². The van der Waals surface area contributed by atoms with Gasteiger partial charge in [-0.3, -0.25) is 0 Å². The molecule has 1 N–H and O–H groups in total. The summed E-state index contributed by atoms with van der Waals surface area (Å²) in [6, 6.07) is 0. The molecule has 0 aromatic carbocycles. The van der Waals surface area contributed by atoms with Crippen molar-refractivity contribution in [2.75, 3.05) is 6.61 Å². The van der Waals surface area contributed by atoms with Crippen LogP contribution in [0, 0.1) is 0 Å². The molecule has 1 heterocycles. The molecule has 1 aliphatic rings. The highest BCUT2D eigenvalue weighted by atomic mass is 127. The maximum absolute atomic E-state index is 11.2. The Morgan fingerprint density at radius 3 is 1.42 bits per heavy atom. The Morgan fingerprint density at radius 2 is 1.06 bits per heavy atom. The van der Waals surface area contributed by atoms with Crippen LogP contribution in [0.4, 0.5) is 0 Å². The zero-order valence-corrected chi connectivity index (χ0v) is 29.2. The van der Waals surface area contributed by atoms with Crippen LogP contribution in [0.2, 0.25) is 54.4 Å². The van der Waals surface area contributed by atoms with E-state index < -0.39 is 37.3 Å². The third-order valence-electron chi connectivity index (χ3n) is 8.48. The summed E-state index contributed by atoms with van der Waals surface area (Å²) in [7, 11) is -6.21. The minimum atomic E-state index is -2.15. The third-order valence-corrected chi connectivity index (χ3v) is 23.4. The molecule has 9 heteroatoms. The lowest BCUT2D eigenvalue weighted by molar-refractivity contribution is -0.239. The van der Waals surface area contributed by atoms with Crippen LogP contribution in [0.15, 0.2) is 0 Å². The maximum Gasteiger partial charge on any atom is 0.192 e. The van der Waals surface area contributed by atoms with Crippen LogP contribution < -0.4 is 0 Å². The van der Waals surface area contributed by atoms with E-state index in [1.54, 1.807) is 0 Å². The molecule has 198 valence electrons. The van der Waals surface area contributed by atoms with Crippen LogP contribution in [0.5, 0.6) is 0 Å². The Hall–Kier alpha value is 1.18. The Bertz CT molecular complexity index is 650. The molecule has 0 radical (unpaired) electrons. The van der Waals surface area contributed by atoms with Gasteiger partial charge in [-0.2, -0.15) is 0 Å². The molecule has 1 fully saturated rings. The molecule has 0 saturated carbocycles. The number of rotatable bonds is 7. The van der Waals surface area contributed by atoms with E-state index in [-0.39, 0.29) is 31.2 Å². The number of ether oxygens (including phenoxy) is 1. The molecule has 0 aliphatic carbocycles. The monoisotopic (exact) mass is 632 g/mol. The van der Waals surface area contributed by atoms with Gasteiger partial charge >= 0.3 is 0 Å². The van der Waals surface area contributed by atoms with Gasteiger partial charge < -0.3 is 23.1 Å². The zero-order valence-electron chi connectivity index (χ0n) is 24.1. The average Bonchev–Trinajstić information content (AvgIpc) is 2.56. The lowest BCUT2D eigenvalue weighted by Crippen LogP contribution is -2.64. The molecule has 0 bridgehead atoms. The molecule has 5 atom stereocenters. The molecule has 0 aromatic rings. The topological polar surface area (TPSA) is 57.2 Å². The molecule has 0 aromatic heterocycles. The molecule has 1 aliphatic heterocycles. The maximum atomic E-state index is 11.2. The second-order valence-corrected chi connectivity index (χ2v) is 30.0. The molecule has 0 amide bonds. The zero-order chi connectivity index (χ0) is 26.4. The van der Waals surface area contributed by atoms with Crippen molar-refractivity contribution in [2.45, 2.75) is 145 Å². The van der Waals surface area contributed by atoms with Gasteiger partial charge in [-0.05, 0) is 54.4 Å². The third kappa shape index (κ3) is 7.83. The number of aliphatic hydroxyl groups is 1. The van der Waals surface area contributed by atoms with Crippen LogP contribution in [0.3, 0.4) is 0 Å². The number of halogens is 1. The van der Waals surface area contributed by atoms with Gasteiger partial charge in [0.1, 0.15) is 6.10 Å². The Kier molecular flexibility index (Phi) is 10.3. The molecular weight excluding hydrogens is 579 g/mol. The van der Waals surface area contributed by atoms with Gasteiger partial charge in [0.15, 0.2) is 31.2 Å². The minimum Gasteiger partial charge on any atom is -0.414 e. The van der Waals surface area contributed by atoms with Crippen molar-refractivity contribution in [3.8, 4) is 0 Å². The number of alkyl halides is 1. The molecule has 5 nitrogen and oxygen atoms in total. The van der Waals surface area contributed by atoms with Crippen LogP contribution >= 0.6 is 22.6 Å². The first kappa shape index (κ1) is 32.2.